The van der Waals surface area contributed by atoms with Crippen LogP contribution in [0.4, 0.5) is 0 Å². The summed E-state index contributed by atoms with van der Waals surface area (Å²) in [6.07, 6.45) is 5.56. The van der Waals surface area contributed by atoms with Crippen LogP contribution in [0.25, 0.3) is 94.5 Å². The Kier molecular flexibility index (Phi) is 11.6. The van der Waals surface area contributed by atoms with Gasteiger partial charge in [-0.3, -0.25) is 15.0 Å². The largest absolute Gasteiger partial charge is 0.501 e. The van der Waals surface area contributed by atoms with E-state index >= 15 is 0 Å². The van der Waals surface area contributed by atoms with E-state index in [9.17, 15) is 0 Å². The van der Waals surface area contributed by atoms with Gasteiger partial charge in [-0.2, -0.15) is 0 Å². The fourth-order valence-corrected chi connectivity index (χ4v) is 8.98. The summed E-state index contributed by atoms with van der Waals surface area (Å²) < 4.78 is 40.8. The van der Waals surface area contributed by atoms with Crippen molar-refractivity contribution >= 4 is 54.9 Å². The average Bonchev–Trinajstić information content (AvgIpc) is 4.03. The molecule has 0 atom stereocenters. The number of fused-ring (bicyclic) bond motifs is 7. The van der Waals surface area contributed by atoms with Gasteiger partial charge in [-0.15, -0.1) is 29.8 Å². The molecule has 0 aliphatic carbocycles. The Hall–Kier alpha value is -6.73. The fraction of sp³-hybridized carbons (Fsp3) is 0.246. The predicted molar refractivity (Wildman–Crippen MR) is 280 cm³/mol. The van der Waals surface area contributed by atoms with Gasteiger partial charge in [0.05, 0.1) is 28.3 Å². The third kappa shape index (κ3) is 8.81. The van der Waals surface area contributed by atoms with Crippen molar-refractivity contribution in [3.05, 3.63) is 174 Å². The molecule has 0 N–H and O–H groups in total. The summed E-state index contributed by atoms with van der Waals surface area (Å²) in [4.78, 5) is 18.6. The number of hydrogen-bond acceptors (Lipinski definition) is 6. The van der Waals surface area contributed by atoms with Crippen molar-refractivity contribution in [2.75, 3.05) is 0 Å². The summed E-state index contributed by atoms with van der Waals surface area (Å²) in [7, 11) is 0. The second kappa shape index (κ2) is 18.3. The predicted octanol–water partition coefficient (Wildman–Crippen LogP) is 16.4. The van der Waals surface area contributed by atoms with Crippen LogP contribution in [0, 0.1) is 19.0 Å². The van der Waals surface area contributed by atoms with Crippen LogP contribution < -0.4 is 0 Å². The molecule has 0 unspecified atom stereocenters. The molecule has 8 heteroatoms. The molecule has 5 heterocycles. The number of imidazole rings is 1. The maximum atomic E-state index is 8.53. The number of benzene rings is 6. The molecule has 0 spiro atoms. The van der Waals surface area contributed by atoms with Crippen molar-refractivity contribution in [1.82, 2.24) is 24.5 Å². The number of para-hydroxylation sites is 3. The van der Waals surface area contributed by atoms with E-state index in [1.54, 1.807) is 12.3 Å². The number of aryl methyl sites for hydroxylation is 1. The molecule has 0 amide bonds. The van der Waals surface area contributed by atoms with Crippen molar-refractivity contribution in [1.29, 1.82) is 0 Å². The van der Waals surface area contributed by atoms with Gasteiger partial charge >= 0.3 is 0 Å². The summed E-state index contributed by atoms with van der Waals surface area (Å²) in [6.45, 7) is 19.4. The van der Waals surface area contributed by atoms with Crippen molar-refractivity contribution in [2.24, 2.45) is 0 Å². The minimum absolute atomic E-state index is 0. The second-order valence-corrected chi connectivity index (χ2v) is 20.4. The Labute approximate surface area is 422 Å². The van der Waals surface area contributed by atoms with E-state index in [-0.39, 0.29) is 48.3 Å². The van der Waals surface area contributed by atoms with Crippen LogP contribution in [-0.4, -0.2) is 24.5 Å². The van der Waals surface area contributed by atoms with Gasteiger partial charge in [0.1, 0.15) is 16.7 Å². The molecular weight excluding hydrogens is 1030 g/mol. The summed E-state index contributed by atoms with van der Waals surface area (Å²) >= 11 is 0. The van der Waals surface area contributed by atoms with Crippen LogP contribution >= 0.6 is 0 Å². The molecule has 0 saturated carbocycles. The van der Waals surface area contributed by atoms with Crippen LogP contribution in [0.1, 0.15) is 113 Å². The van der Waals surface area contributed by atoms with E-state index in [1.807, 2.05) is 79.1 Å². The van der Waals surface area contributed by atoms with Gasteiger partial charge in [-0.25, -0.2) is 0 Å². The zero-order valence-electron chi connectivity index (χ0n) is 43.7. The minimum Gasteiger partial charge on any atom is -0.501 e. The standard InChI is InChI=1S/C44H35N2O2.C17H22N3.Ir/c1-25(2)32-21-29(28-13-7-6-8-14-28)22-33(26(3)4)42(32)46-37-17-11-10-16-36(37)45-44(46)31-20-19-27(5)41-35-24-39-34(23-40(35)48-43(31)41)30-15-9-12-18-38(30)47-39;1-16(2,3)13-10-19-15(20-11-13)12-7-8-14(18-9-12)17(4,5)6;/h6-19,21-26H,1-5H3;8-11H,1-6H3;/q2*-1;/i5D3;;. The van der Waals surface area contributed by atoms with Crippen LogP contribution in [-0.2, 0) is 30.9 Å². The molecule has 69 heavy (non-hydrogen) atoms. The van der Waals surface area contributed by atoms with E-state index in [1.165, 1.54) is 22.3 Å². The zero-order valence-corrected chi connectivity index (χ0v) is 43.1. The number of nitrogens with zero attached hydrogens (tertiary/aromatic N) is 5. The van der Waals surface area contributed by atoms with Crippen molar-refractivity contribution in [2.45, 2.75) is 98.8 Å². The number of hydrogen-bond donors (Lipinski definition) is 0. The maximum absolute atomic E-state index is 8.53. The molecule has 1 radical (unpaired) electrons. The first-order valence-corrected chi connectivity index (χ1v) is 23.4. The third-order valence-corrected chi connectivity index (χ3v) is 12.8. The molecule has 349 valence electrons. The molecule has 7 nitrogen and oxygen atoms in total. The minimum atomic E-state index is -2.41. The Morgan fingerprint density at radius 3 is 1.93 bits per heavy atom. The van der Waals surface area contributed by atoms with Gasteiger partial charge in [0.2, 0.25) is 0 Å². The van der Waals surface area contributed by atoms with E-state index in [0.29, 0.717) is 44.7 Å². The van der Waals surface area contributed by atoms with E-state index < -0.39 is 6.85 Å². The topological polar surface area (TPSA) is 82.8 Å². The van der Waals surface area contributed by atoms with E-state index in [2.05, 4.69) is 143 Å². The van der Waals surface area contributed by atoms with Crippen LogP contribution in [0.2, 0.25) is 0 Å². The molecule has 0 fully saturated rings. The van der Waals surface area contributed by atoms with Gasteiger partial charge in [0.25, 0.3) is 0 Å². The SMILES string of the molecule is CC(C)(C)c1cnc(-c2[c-]cc(C(C)(C)C)nc2)nc1.[2H]C([2H])([2H])c1c[c-]c(-c2nc3ccccc3n2-c2c(C(C)C)cc(-c3ccccc3)cc2C(C)C)c2oc3cc4c(cc3c12)oc1ccccc14.[Ir]. The number of aromatic nitrogens is 5. The third-order valence-electron chi connectivity index (χ3n) is 12.8. The van der Waals surface area contributed by atoms with Gasteiger partial charge in [0, 0.05) is 58.5 Å². The Balaban J connectivity index is 0.000000257. The fourth-order valence-electron chi connectivity index (χ4n) is 8.98. The molecule has 11 rings (SSSR count). The van der Waals surface area contributed by atoms with Crippen molar-refractivity contribution < 1.29 is 33.1 Å². The summed E-state index contributed by atoms with van der Waals surface area (Å²) in [5.74, 6) is 1.69. The molecule has 0 bridgehead atoms. The van der Waals surface area contributed by atoms with Gasteiger partial charge in [-0.1, -0.05) is 159 Å². The Bertz CT molecular complexity index is 3680. The van der Waals surface area contributed by atoms with Crippen LogP contribution in [0.5, 0.6) is 0 Å². The summed E-state index contributed by atoms with van der Waals surface area (Å²) in [5.41, 5.74) is 13.9. The normalized spacial score (nSPS) is 13.0. The monoisotopic (exact) mass is 1090 g/mol. The smallest absolute Gasteiger partial charge is 0.136 e. The second-order valence-electron chi connectivity index (χ2n) is 20.4. The zero-order chi connectivity index (χ0) is 50.1. The quantitative estimate of drug-likeness (QED) is 0.154. The Morgan fingerprint density at radius 1 is 0.623 bits per heavy atom. The molecular formula is C61H57IrN5O2-2. The van der Waals surface area contributed by atoms with Crippen LogP contribution in [0.3, 0.4) is 0 Å². The number of rotatable bonds is 6. The maximum Gasteiger partial charge on any atom is 0.136 e. The molecule has 0 saturated heterocycles. The Morgan fingerprint density at radius 2 is 1.28 bits per heavy atom. The molecule has 0 aliphatic rings. The molecule has 5 aromatic heterocycles. The van der Waals surface area contributed by atoms with Gasteiger partial charge in [-0.05, 0) is 98.6 Å². The summed E-state index contributed by atoms with van der Waals surface area (Å²) in [6, 6.07) is 45.1. The van der Waals surface area contributed by atoms with E-state index in [4.69, 9.17) is 17.9 Å². The molecule has 6 aromatic carbocycles. The molecule has 0 aliphatic heterocycles. The average molecular weight is 1090 g/mol. The van der Waals surface area contributed by atoms with Crippen molar-refractivity contribution in [3.8, 4) is 39.6 Å². The van der Waals surface area contributed by atoms with E-state index in [0.717, 1.165) is 49.9 Å². The van der Waals surface area contributed by atoms with Gasteiger partial charge < -0.3 is 18.4 Å². The van der Waals surface area contributed by atoms with Gasteiger partial charge in [0.15, 0.2) is 0 Å². The first-order chi connectivity index (χ1) is 33.8. The number of furan rings is 2. The summed E-state index contributed by atoms with van der Waals surface area (Å²) in [5, 5.41) is 3.08. The first kappa shape index (κ1) is 43.5. The van der Waals surface area contributed by atoms with Crippen LogP contribution in [0.15, 0.2) is 143 Å². The first-order valence-electron chi connectivity index (χ1n) is 24.9. The number of pyridine rings is 1. The van der Waals surface area contributed by atoms with Crippen molar-refractivity contribution in [3.63, 3.8) is 0 Å². The molecule has 11 aromatic rings.